The Labute approximate surface area is 164 Å². The van der Waals surface area contributed by atoms with E-state index in [0.717, 1.165) is 9.91 Å². The first-order valence-electron chi connectivity index (χ1n) is 8.61. The fourth-order valence-corrected chi connectivity index (χ4v) is 3.56. The summed E-state index contributed by atoms with van der Waals surface area (Å²) >= 11 is 1.30. The maximum absolute atomic E-state index is 12.7. The predicted octanol–water partition coefficient (Wildman–Crippen LogP) is 3.30. The Morgan fingerprint density at radius 1 is 1.18 bits per heavy atom. The first-order chi connectivity index (χ1) is 13.4. The van der Waals surface area contributed by atoms with E-state index in [2.05, 4.69) is 15.5 Å². The van der Waals surface area contributed by atoms with Gasteiger partial charge in [0.15, 0.2) is 0 Å². The number of imide groups is 1. The largest absolute Gasteiger partial charge is 0.467 e. The number of anilines is 1. The summed E-state index contributed by atoms with van der Waals surface area (Å²) in [6.45, 7) is 4.02. The average molecular weight is 396 g/mol. The second-order valence-corrected chi connectivity index (χ2v) is 7.60. The number of fused-ring (bicyclic) bond motifs is 1. The number of aromatic nitrogens is 2. The predicted molar refractivity (Wildman–Crippen MR) is 101 cm³/mol. The van der Waals surface area contributed by atoms with Gasteiger partial charge in [-0.3, -0.25) is 24.6 Å². The van der Waals surface area contributed by atoms with E-state index in [1.165, 1.54) is 35.8 Å². The maximum atomic E-state index is 12.7. The summed E-state index contributed by atoms with van der Waals surface area (Å²) < 4.78 is 5.22. The van der Waals surface area contributed by atoms with E-state index in [-0.39, 0.29) is 29.2 Å². The molecule has 3 amide bonds. The molecule has 1 aliphatic rings. The summed E-state index contributed by atoms with van der Waals surface area (Å²) in [6.07, 6.45) is 1.48. The van der Waals surface area contributed by atoms with Crippen molar-refractivity contribution in [2.24, 2.45) is 0 Å². The quantitative estimate of drug-likeness (QED) is 0.664. The highest BCUT2D eigenvalue weighted by atomic mass is 32.1. The number of benzene rings is 1. The van der Waals surface area contributed by atoms with Crippen molar-refractivity contribution < 1.29 is 18.8 Å². The van der Waals surface area contributed by atoms with Crippen molar-refractivity contribution in [3.05, 3.63) is 64.1 Å². The Morgan fingerprint density at radius 3 is 2.64 bits per heavy atom. The number of amides is 3. The minimum Gasteiger partial charge on any atom is -0.467 e. The van der Waals surface area contributed by atoms with Crippen molar-refractivity contribution in [1.82, 2.24) is 15.1 Å². The van der Waals surface area contributed by atoms with Gasteiger partial charge in [0.2, 0.25) is 5.13 Å². The molecule has 0 atom stereocenters. The highest BCUT2D eigenvalue weighted by Gasteiger charge is 2.36. The number of hydrogen-bond donors (Lipinski definition) is 1. The zero-order valence-electron chi connectivity index (χ0n) is 15.1. The maximum Gasteiger partial charge on any atom is 0.261 e. The Kier molecular flexibility index (Phi) is 4.52. The molecule has 0 spiro atoms. The Bertz CT molecular complexity index is 1070. The van der Waals surface area contributed by atoms with Crippen LogP contribution in [0.5, 0.6) is 0 Å². The van der Waals surface area contributed by atoms with Crippen molar-refractivity contribution in [2.75, 3.05) is 5.32 Å². The smallest absolute Gasteiger partial charge is 0.261 e. The van der Waals surface area contributed by atoms with E-state index in [9.17, 15) is 14.4 Å². The fraction of sp³-hybridized carbons (Fsp3) is 0.211. The van der Waals surface area contributed by atoms with E-state index < -0.39 is 17.7 Å². The van der Waals surface area contributed by atoms with Gasteiger partial charge >= 0.3 is 0 Å². The number of rotatable bonds is 5. The first kappa shape index (κ1) is 18.1. The lowest BCUT2D eigenvalue weighted by molar-refractivity contribution is 0.0631. The minimum atomic E-state index is -0.455. The number of nitrogens with zero attached hydrogens (tertiary/aromatic N) is 3. The van der Waals surface area contributed by atoms with Gasteiger partial charge in [-0.2, -0.15) is 0 Å². The van der Waals surface area contributed by atoms with Crippen molar-refractivity contribution in [2.45, 2.75) is 26.3 Å². The third-order valence-corrected chi connectivity index (χ3v) is 5.42. The van der Waals surface area contributed by atoms with Crippen LogP contribution in [0, 0.1) is 0 Å². The van der Waals surface area contributed by atoms with Crippen molar-refractivity contribution in [3.8, 4) is 0 Å². The van der Waals surface area contributed by atoms with Crippen LogP contribution in [0.1, 0.15) is 61.6 Å². The molecule has 28 heavy (non-hydrogen) atoms. The summed E-state index contributed by atoms with van der Waals surface area (Å²) in [5.41, 5.74) is 0.733. The van der Waals surface area contributed by atoms with Gasteiger partial charge in [0.1, 0.15) is 10.8 Å². The van der Waals surface area contributed by atoms with Gasteiger partial charge in [0.25, 0.3) is 17.7 Å². The Hall–Kier alpha value is -3.33. The SMILES string of the molecule is CC(C)c1nnc(NC(=O)c2ccc3c(c2)C(=O)N(Cc2ccco2)C3=O)s1. The second kappa shape index (κ2) is 7.01. The number of hydrogen-bond acceptors (Lipinski definition) is 7. The summed E-state index contributed by atoms with van der Waals surface area (Å²) in [5.74, 6) is -0.561. The molecular formula is C19H16N4O4S. The molecule has 1 aromatic carbocycles. The third-order valence-electron chi connectivity index (χ3n) is 4.28. The monoisotopic (exact) mass is 396 g/mol. The van der Waals surface area contributed by atoms with Crippen LogP contribution in [0.25, 0.3) is 0 Å². The molecule has 9 heteroatoms. The van der Waals surface area contributed by atoms with Gasteiger partial charge < -0.3 is 4.42 Å². The van der Waals surface area contributed by atoms with Crippen molar-refractivity contribution in [3.63, 3.8) is 0 Å². The van der Waals surface area contributed by atoms with Gasteiger partial charge in [-0.05, 0) is 30.3 Å². The molecule has 0 saturated carbocycles. The van der Waals surface area contributed by atoms with E-state index in [0.29, 0.717) is 10.9 Å². The molecule has 2 aromatic heterocycles. The van der Waals surface area contributed by atoms with Gasteiger partial charge in [-0.15, -0.1) is 10.2 Å². The summed E-state index contributed by atoms with van der Waals surface area (Å²) in [4.78, 5) is 38.8. The average Bonchev–Trinajstić information content (AvgIpc) is 3.40. The minimum absolute atomic E-state index is 0.0453. The van der Waals surface area contributed by atoms with Crippen LogP contribution in [-0.2, 0) is 6.54 Å². The molecule has 0 saturated heterocycles. The highest BCUT2D eigenvalue weighted by molar-refractivity contribution is 7.15. The lowest BCUT2D eigenvalue weighted by Gasteiger charge is -2.11. The number of carbonyl (C=O) groups is 3. The van der Waals surface area contributed by atoms with Crippen LogP contribution in [0.15, 0.2) is 41.0 Å². The molecule has 3 heterocycles. The number of nitrogens with one attached hydrogen (secondary N) is 1. The van der Waals surface area contributed by atoms with Gasteiger partial charge in [0, 0.05) is 11.5 Å². The van der Waals surface area contributed by atoms with Crippen LogP contribution >= 0.6 is 11.3 Å². The number of furan rings is 1. The van der Waals surface area contributed by atoms with E-state index in [1.807, 2.05) is 13.8 Å². The Balaban J connectivity index is 1.54. The van der Waals surface area contributed by atoms with Crippen molar-refractivity contribution in [1.29, 1.82) is 0 Å². The van der Waals surface area contributed by atoms with E-state index in [1.54, 1.807) is 12.1 Å². The highest BCUT2D eigenvalue weighted by Crippen LogP contribution is 2.27. The molecule has 142 valence electrons. The second-order valence-electron chi connectivity index (χ2n) is 6.59. The molecule has 0 bridgehead atoms. The van der Waals surface area contributed by atoms with Gasteiger partial charge in [-0.1, -0.05) is 25.2 Å². The molecule has 0 fully saturated rings. The van der Waals surface area contributed by atoms with Crippen LogP contribution in [0.2, 0.25) is 0 Å². The fourth-order valence-electron chi connectivity index (χ4n) is 2.82. The first-order valence-corrected chi connectivity index (χ1v) is 9.43. The molecule has 3 aromatic rings. The lowest BCUT2D eigenvalue weighted by atomic mass is 10.1. The summed E-state index contributed by atoms with van der Waals surface area (Å²) in [7, 11) is 0. The van der Waals surface area contributed by atoms with Crippen LogP contribution in [0.3, 0.4) is 0 Å². The Morgan fingerprint density at radius 2 is 1.96 bits per heavy atom. The van der Waals surface area contributed by atoms with Crippen LogP contribution in [-0.4, -0.2) is 32.8 Å². The van der Waals surface area contributed by atoms with E-state index in [4.69, 9.17) is 4.42 Å². The normalized spacial score (nSPS) is 13.3. The third kappa shape index (κ3) is 3.20. The topological polar surface area (TPSA) is 105 Å². The van der Waals surface area contributed by atoms with Crippen molar-refractivity contribution >= 4 is 34.2 Å². The molecule has 0 radical (unpaired) electrons. The molecule has 1 N–H and O–H groups in total. The van der Waals surface area contributed by atoms with E-state index >= 15 is 0 Å². The lowest BCUT2D eigenvalue weighted by Crippen LogP contribution is -2.28. The van der Waals surface area contributed by atoms with Crippen LogP contribution < -0.4 is 5.32 Å². The molecule has 1 aliphatic heterocycles. The molecular weight excluding hydrogens is 380 g/mol. The summed E-state index contributed by atoms with van der Waals surface area (Å²) in [6, 6.07) is 7.81. The standard InChI is InChI=1S/C19H16N4O4S/c1-10(2)16-21-22-19(28-16)20-15(24)11-5-6-13-14(8-11)18(26)23(17(13)25)9-12-4-3-7-27-12/h3-8,10H,9H2,1-2H3,(H,20,22,24). The van der Waals surface area contributed by atoms with Gasteiger partial charge in [0.05, 0.1) is 23.9 Å². The van der Waals surface area contributed by atoms with Crippen LogP contribution in [0.4, 0.5) is 5.13 Å². The molecule has 8 nitrogen and oxygen atoms in total. The van der Waals surface area contributed by atoms with Gasteiger partial charge in [-0.25, -0.2) is 0 Å². The molecule has 4 rings (SSSR count). The molecule has 0 aliphatic carbocycles. The number of carbonyl (C=O) groups excluding carboxylic acids is 3. The summed E-state index contributed by atoms with van der Waals surface area (Å²) in [5, 5.41) is 11.9. The zero-order valence-corrected chi connectivity index (χ0v) is 15.9. The zero-order chi connectivity index (χ0) is 19.8. The molecule has 0 unspecified atom stereocenters.